The first-order valence-corrected chi connectivity index (χ1v) is 9.20. The summed E-state index contributed by atoms with van der Waals surface area (Å²) < 4.78 is 36.7. The highest BCUT2D eigenvalue weighted by Crippen LogP contribution is 2.15. The molecule has 0 atom stereocenters. The molecule has 2 aromatic rings. The van der Waals surface area contributed by atoms with Crippen molar-refractivity contribution in [1.82, 2.24) is 15.2 Å². The van der Waals surface area contributed by atoms with Crippen LogP contribution in [0, 0.1) is 0 Å². The van der Waals surface area contributed by atoms with E-state index in [0.717, 1.165) is 0 Å². The molecule has 0 bridgehead atoms. The Kier molecular flexibility index (Phi) is 6.16. The Hall–Kier alpha value is -2.39. The van der Waals surface area contributed by atoms with Gasteiger partial charge in [0, 0.05) is 25.1 Å². The van der Waals surface area contributed by atoms with Crippen LogP contribution < -0.4 is 14.8 Å². The zero-order valence-electron chi connectivity index (χ0n) is 14.3. The van der Waals surface area contributed by atoms with Crippen molar-refractivity contribution in [2.45, 2.75) is 24.7 Å². The molecule has 1 amide bonds. The van der Waals surface area contributed by atoms with Crippen LogP contribution in [0.3, 0.4) is 0 Å². The lowest BCUT2D eigenvalue weighted by atomic mass is 10.1. The number of nitrogens with zero attached hydrogens (tertiary/aromatic N) is 1. The number of methoxy groups -OCH3 is 1. The van der Waals surface area contributed by atoms with E-state index in [0.29, 0.717) is 11.5 Å². The molecule has 25 heavy (non-hydrogen) atoms. The average Bonchev–Trinajstić information content (AvgIpc) is 3.09. The van der Waals surface area contributed by atoms with Crippen molar-refractivity contribution >= 4 is 15.9 Å². The number of hydrogen-bond acceptors (Lipinski definition) is 6. The number of amides is 1. The largest absolute Gasteiger partial charge is 0.497 e. The maximum atomic E-state index is 12.1. The quantitative estimate of drug-likeness (QED) is 0.684. The van der Waals surface area contributed by atoms with Crippen molar-refractivity contribution in [3.8, 4) is 5.75 Å². The van der Waals surface area contributed by atoms with E-state index in [1.165, 1.54) is 19.2 Å². The lowest BCUT2D eigenvalue weighted by Crippen LogP contribution is -2.34. The summed E-state index contributed by atoms with van der Waals surface area (Å²) in [6.07, 6.45) is 0. The van der Waals surface area contributed by atoms with Gasteiger partial charge in [-0.05, 0) is 24.3 Å². The van der Waals surface area contributed by atoms with Crippen LogP contribution >= 0.6 is 0 Å². The molecular weight excluding hydrogens is 346 g/mol. The summed E-state index contributed by atoms with van der Waals surface area (Å²) in [6.45, 7) is 4.03. The van der Waals surface area contributed by atoms with Gasteiger partial charge in [-0.2, -0.15) is 0 Å². The number of sulfonamides is 1. The third-order valence-electron chi connectivity index (χ3n) is 3.40. The Morgan fingerprint density at radius 2 is 1.92 bits per heavy atom. The van der Waals surface area contributed by atoms with Crippen molar-refractivity contribution in [3.63, 3.8) is 0 Å². The zero-order valence-corrected chi connectivity index (χ0v) is 15.1. The van der Waals surface area contributed by atoms with E-state index in [2.05, 4.69) is 15.2 Å². The van der Waals surface area contributed by atoms with E-state index in [9.17, 15) is 13.2 Å². The van der Waals surface area contributed by atoms with Crippen LogP contribution in [0.25, 0.3) is 0 Å². The summed E-state index contributed by atoms with van der Waals surface area (Å²) in [5, 5.41) is 6.28. The van der Waals surface area contributed by atoms with Crippen LogP contribution in [0.1, 0.15) is 36.0 Å². The van der Waals surface area contributed by atoms with Crippen LogP contribution in [-0.4, -0.2) is 39.7 Å². The van der Waals surface area contributed by atoms with Gasteiger partial charge >= 0.3 is 0 Å². The fourth-order valence-electron chi connectivity index (χ4n) is 1.96. The van der Waals surface area contributed by atoms with E-state index in [1.807, 2.05) is 13.8 Å². The number of carbonyl (C=O) groups is 1. The molecule has 0 aliphatic carbocycles. The highest BCUT2D eigenvalue weighted by Gasteiger charge is 2.16. The number of carbonyl (C=O) groups excluding carboxylic acids is 1. The van der Waals surface area contributed by atoms with Gasteiger partial charge < -0.3 is 14.6 Å². The van der Waals surface area contributed by atoms with E-state index in [1.54, 1.807) is 18.2 Å². The molecule has 2 rings (SSSR count). The van der Waals surface area contributed by atoms with Gasteiger partial charge in [0.25, 0.3) is 5.91 Å². The van der Waals surface area contributed by atoms with Crippen LogP contribution in [0.15, 0.2) is 39.8 Å². The standard InChI is InChI=1S/C16H21N3O5S/c1-11(2)15-10-14(19-24-15)16(20)17-8-9-18-25(21,22)13-6-4-12(23-3)5-7-13/h4-7,10-11,18H,8-9H2,1-3H3,(H,17,20). The van der Waals surface area contributed by atoms with Crippen LogP contribution in [0.4, 0.5) is 0 Å². The highest BCUT2D eigenvalue weighted by molar-refractivity contribution is 7.89. The molecule has 0 aliphatic heterocycles. The minimum atomic E-state index is -3.65. The lowest BCUT2D eigenvalue weighted by Gasteiger charge is -2.08. The Balaban J connectivity index is 1.83. The fourth-order valence-corrected chi connectivity index (χ4v) is 2.99. The van der Waals surface area contributed by atoms with Crippen molar-refractivity contribution in [2.24, 2.45) is 0 Å². The fraction of sp³-hybridized carbons (Fsp3) is 0.375. The third-order valence-corrected chi connectivity index (χ3v) is 4.88. The number of hydrogen-bond donors (Lipinski definition) is 2. The first-order valence-electron chi connectivity index (χ1n) is 7.72. The summed E-state index contributed by atoms with van der Waals surface area (Å²) in [4.78, 5) is 12.0. The molecule has 0 saturated heterocycles. The number of rotatable bonds is 8. The Labute approximate surface area is 146 Å². The predicted octanol–water partition coefficient (Wildman–Crippen LogP) is 1.51. The average molecular weight is 367 g/mol. The topological polar surface area (TPSA) is 111 Å². The summed E-state index contributed by atoms with van der Waals surface area (Å²) >= 11 is 0. The van der Waals surface area contributed by atoms with Crippen molar-refractivity contribution in [1.29, 1.82) is 0 Å². The maximum absolute atomic E-state index is 12.1. The predicted molar refractivity (Wildman–Crippen MR) is 91.1 cm³/mol. The minimum Gasteiger partial charge on any atom is -0.497 e. The Morgan fingerprint density at radius 1 is 1.24 bits per heavy atom. The summed E-state index contributed by atoms with van der Waals surface area (Å²) in [6, 6.07) is 7.59. The smallest absolute Gasteiger partial charge is 0.273 e. The van der Waals surface area contributed by atoms with E-state index in [4.69, 9.17) is 9.26 Å². The van der Waals surface area contributed by atoms with E-state index < -0.39 is 15.9 Å². The second kappa shape index (κ2) is 8.13. The molecule has 1 aromatic heterocycles. The third kappa shape index (κ3) is 5.04. The molecule has 1 aromatic carbocycles. The molecule has 8 nitrogen and oxygen atoms in total. The molecule has 1 heterocycles. The first-order chi connectivity index (χ1) is 11.8. The van der Waals surface area contributed by atoms with Gasteiger partial charge in [0.2, 0.25) is 10.0 Å². The molecule has 136 valence electrons. The summed E-state index contributed by atoms with van der Waals surface area (Å²) in [7, 11) is -2.14. The second-order valence-corrected chi connectivity index (χ2v) is 7.37. The lowest BCUT2D eigenvalue weighted by molar-refractivity contribution is 0.0945. The molecule has 2 N–H and O–H groups in total. The molecule has 0 spiro atoms. The molecule has 0 radical (unpaired) electrons. The van der Waals surface area contributed by atoms with Crippen LogP contribution in [-0.2, 0) is 10.0 Å². The van der Waals surface area contributed by atoms with Gasteiger partial charge in [0.1, 0.15) is 11.5 Å². The maximum Gasteiger partial charge on any atom is 0.273 e. The summed E-state index contributed by atoms with van der Waals surface area (Å²) in [5.74, 6) is 0.898. The first kappa shape index (κ1) is 18.9. The van der Waals surface area contributed by atoms with Crippen molar-refractivity contribution < 1.29 is 22.5 Å². The van der Waals surface area contributed by atoms with Gasteiger partial charge in [-0.1, -0.05) is 19.0 Å². The number of nitrogens with one attached hydrogen (secondary N) is 2. The number of benzene rings is 1. The number of aromatic nitrogens is 1. The van der Waals surface area contributed by atoms with E-state index >= 15 is 0 Å². The Bertz CT molecular complexity index is 813. The monoisotopic (exact) mass is 367 g/mol. The van der Waals surface area contributed by atoms with Gasteiger partial charge in [-0.15, -0.1) is 0 Å². The SMILES string of the molecule is COc1ccc(S(=O)(=O)NCCNC(=O)c2cc(C(C)C)on2)cc1. The minimum absolute atomic E-state index is 0.0506. The van der Waals surface area contributed by atoms with Gasteiger partial charge in [0.15, 0.2) is 5.69 Å². The van der Waals surface area contributed by atoms with Crippen molar-refractivity contribution in [2.75, 3.05) is 20.2 Å². The molecule has 0 saturated carbocycles. The number of ether oxygens (including phenoxy) is 1. The molecule has 0 unspecified atom stereocenters. The van der Waals surface area contributed by atoms with Gasteiger partial charge in [-0.25, -0.2) is 13.1 Å². The van der Waals surface area contributed by atoms with E-state index in [-0.39, 0.29) is 29.6 Å². The van der Waals surface area contributed by atoms with Gasteiger partial charge in [-0.3, -0.25) is 4.79 Å². The summed E-state index contributed by atoms with van der Waals surface area (Å²) in [5.41, 5.74) is 0.168. The highest BCUT2D eigenvalue weighted by atomic mass is 32.2. The molecule has 0 aliphatic rings. The van der Waals surface area contributed by atoms with Gasteiger partial charge in [0.05, 0.1) is 12.0 Å². The zero-order chi connectivity index (χ0) is 18.4. The van der Waals surface area contributed by atoms with Crippen LogP contribution in [0.5, 0.6) is 5.75 Å². The molecule has 9 heteroatoms. The second-order valence-electron chi connectivity index (χ2n) is 5.60. The molecular formula is C16H21N3O5S. The normalized spacial score (nSPS) is 11.5. The van der Waals surface area contributed by atoms with Crippen molar-refractivity contribution in [3.05, 3.63) is 41.8 Å². The molecule has 0 fully saturated rings. The van der Waals surface area contributed by atoms with Crippen LogP contribution in [0.2, 0.25) is 0 Å². The Morgan fingerprint density at radius 3 is 2.48 bits per heavy atom.